The number of nitrogens with zero attached hydrogens (tertiary/aromatic N) is 2. The van der Waals surface area contributed by atoms with E-state index in [4.69, 9.17) is 4.74 Å². The summed E-state index contributed by atoms with van der Waals surface area (Å²) >= 11 is 3.11. The van der Waals surface area contributed by atoms with E-state index in [0.29, 0.717) is 0 Å². The number of carbonyl (C=O) groups excluding carboxylic acids is 1. The van der Waals surface area contributed by atoms with Gasteiger partial charge in [-0.2, -0.15) is 18.3 Å². The fourth-order valence-electron chi connectivity index (χ4n) is 2.11. The van der Waals surface area contributed by atoms with Crippen molar-refractivity contribution < 1.29 is 31.1 Å². The quantitative estimate of drug-likeness (QED) is 0.656. The molecule has 148 valence electrons. The maximum Gasteiger partial charge on any atom is 0.433 e. The maximum absolute atomic E-state index is 12.7. The molecule has 2 rings (SSSR count). The summed E-state index contributed by atoms with van der Waals surface area (Å²) in [7, 11) is -1.11. The number of ether oxygens (including phenoxy) is 1. The number of hydrogen-bond acceptors (Lipinski definition) is 5. The Morgan fingerprint density at radius 1 is 1.33 bits per heavy atom. The topological polar surface area (TPSA) is 92.4 Å². The number of halogens is 4. The van der Waals surface area contributed by atoms with Gasteiger partial charge in [-0.1, -0.05) is 0 Å². The zero-order valence-corrected chi connectivity index (χ0v) is 16.6. The number of hydrogen-bond donors (Lipinski definition) is 1. The van der Waals surface area contributed by atoms with Crippen LogP contribution >= 0.6 is 15.9 Å². The zero-order chi connectivity index (χ0) is 20.4. The number of benzene rings is 1. The van der Waals surface area contributed by atoms with Crippen LogP contribution < -0.4 is 0 Å². The van der Waals surface area contributed by atoms with Gasteiger partial charge in [0.05, 0.1) is 23.3 Å². The van der Waals surface area contributed by atoms with E-state index in [1.165, 1.54) is 26.2 Å². The Kier molecular flexibility index (Phi) is 6.32. The Morgan fingerprint density at radius 2 is 2.00 bits per heavy atom. The third-order valence-corrected chi connectivity index (χ3v) is 6.34. The number of carbonyl (C=O) groups is 1. The van der Waals surface area contributed by atoms with E-state index in [9.17, 15) is 26.4 Å². The first-order chi connectivity index (χ1) is 12.4. The molecule has 0 amide bonds. The average Bonchev–Trinajstić information content (AvgIpc) is 3.03. The first kappa shape index (κ1) is 21.4. The van der Waals surface area contributed by atoms with E-state index in [2.05, 4.69) is 21.0 Å². The van der Waals surface area contributed by atoms with Crippen molar-refractivity contribution >= 4 is 31.9 Å². The molecule has 1 aromatic heterocycles. The molecule has 0 unspecified atom stereocenters. The first-order valence-electron chi connectivity index (χ1n) is 7.43. The lowest BCUT2D eigenvalue weighted by Gasteiger charge is -2.14. The minimum Gasteiger partial charge on any atom is -0.462 e. The Bertz CT molecular complexity index is 942. The fourth-order valence-corrected chi connectivity index (χ4v) is 3.95. The number of alkyl halides is 3. The van der Waals surface area contributed by atoms with E-state index in [1.807, 2.05) is 5.10 Å². The van der Waals surface area contributed by atoms with Crippen molar-refractivity contribution in [2.75, 3.05) is 20.7 Å². The van der Waals surface area contributed by atoms with Gasteiger partial charge < -0.3 is 4.74 Å². The van der Waals surface area contributed by atoms with Gasteiger partial charge in [-0.3, -0.25) is 5.10 Å². The lowest BCUT2D eigenvalue weighted by molar-refractivity contribution is -0.141. The summed E-state index contributed by atoms with van der Waals surface area (Å²) < 4.78 is 69.0. The van der Waals surface area contributed by atoms with Crippen LogP contribution in [0.3, 0.4) is 0 Å². The van der Waals surface area contributed by atoms with Gasteiger partial charge in [-0.05, 0) is 34.1 Å². The van der Waals surface area contributed by atoms with Gasteiger partial charge in [0.25, 0.3) is 0 Å². The highest BCUT2D eigenvalue weighted by molar-refractivity contribution is 9.10. The van der Waals surface area contributed by atoms with E-state index in [1.54, 1.807) is 0 Å². The molecule has 1 N–H and O–H groups in total. The Morgan fingerprint density at radius 3 is 2.59 bits per heavy atom. The van der Waals surface area contributed by atoms with Gasteiger partial charge in [0.15, 0.2) is 0 Å². The van der Waals surface area contributed by atoms with Gasteiger partial charge in [0.1, 0.15) is 5.69 Å². The van der Waals surface area contributed by atoms with Crippen LogP contribution in [0.5, 0.6) is 0 Å². The number of esters is 1. The van der Waals surface area contributed by atoms with Gasteiger partial charge in [-0.15, -0.1) is 0 Å². The molecule has 7 nitrogen and oxygen atoms in total. The van der Waals surface area contributed by atoms with Crippen molar-refractivity contribution in [3.63, 3.8) is 0 Å². The van der Waals surface area contributed by atoms with Gasteiger partial charge in [0.2, 0.25) is 10.0 Å². The Hall–Kier alpha value is -1.92. The van der Waals surface area contributed by atoms with Crippen molar-refractivity contribution in [3.05, 3.63) is 45.7 Å². The summed E-state index contributed by atoms with van der Waals surface area (Å²) in [6.07, 6.45) is -3.77. The number of nitrogens with one attached hydrogen (secondary N) is 1. The van der Waals surface area contributed by atoms with Crippen molar-refractivity contribution in [1.29, 1.82) is 0 Å². The molecule has 0 saturated heterocycles. The molecule has 1 heterocycles. The van der Waals surface area contributed by atoms with E-state index in [0.717, 1.165) is 16.6 Å². The molecule has 0 radical (unpaired) electrons. The van der Waals surface area contributed by atoms with Crippen LogP contribution in [-0.2, 0) is 27.4 Å². The average molecular weight is 470 g/mol. The van der Waals surface area contributed by atoms with Crippen molar-refractivity contribution in [1.82, 2.24) is 14.5 Å². The van der Waals surface area contributed by atoms with E-state index in [-0.39, 0.29) is 33.5 Å². The Labute approximate surface area is 161 Å². The van der Waals surface area contributed by atoms with Crippen LogP contribution in [0.15, 0.2) is 33.8 Å². The summed E-state index contributed by atoms with van der Waals surface area (Å²) in [4.78, 5) is 12.0. The third kappa shape index (κ3) is 4.87. The van der Waals surface area contributed by atoms with Crippen LogP contribution in [0.1, 0.15) is 21.6 Å². The highest BCUT2D eigenvalue weighted by atomic mass is 79.9. The predicted octanol–water partition coefficient (Wildman–Crippen LogP) is 2.84. The zero-order valence-electron chi connectivity index (χ0n) is 14.2. The minimum absolute atomic E-state index is 0.0399. The number of rotatable bonds is 6. The maximum atomic E-state index is 12.7. The summed E-state index contributed by atoms with van der Waals surface area (Å²) in [6.45, 7) is -0.326. The summed E-state index contributed by atoms with van der Waals surface area (Å²) in [5.74, 6) is -0.852. The molecule has 0 atom stereocenters. The molecule has 0 aliphatic rings. The van der Waals surface area contributed by atoms with Crippen LogP contribution in [0.25, 0.3) is 0 Å². The highest BCUT2D eigenvalue weighted by Crippen LogP contribution is 2.30. The van der Waals surface area contributed by atoms with Gasteiger partial charge >= 0.3 is 12.1 Å². The van der Waals surface area contributed by atoms with E-state index >= 15 is 0 Å². The molecule has 0 aliphatic carbocycles. The second-order valence-electron chi connectivity index (χ2n) is 5.59. The van der Waals surface area contributed by atoms with E-state index < -0.39 is 27.9 Å². The molecule has 0 fully saturated rings. The summed E-state index contributed by atoms with van der Waals surface area (Å²) in [5, 5.41) is 5.21. The van der Waals surface area contributed by atoms with Crippen molar-refractivity contribution in [2.24, 2.45) is 0 Å². The van der Waals surface area contributed by atoms with Crippen LogP contribution in [-0.4, -0.2) is 49.6 Å². The normalized spacial score (nSPS) is 12.4. The molecule has 27 heavy (non-hydrogen) atoms. The monoisotopic (exact) mass is 469 g/mol. The standard InChI is InChI=1S/C15H15BrF3N3O4S/c1-22(2)27(24,25)12-7-9(3-4-11(12)16)14(23)26-6-5-10-8-20-21-13(10)15(17,18)19/h3-4,7-8H,5-6H2,1-2H3,(H,20,21). The molecule has 12 heteroatoms. The van der Waals surface area contributed by atoms with Crippen LogP contribution in [0.2, 0.25) is 0 Å². The fraction of sp³-hybridized carbons (Fsp3) is 0.333. The molecule has 1 aromatic carbocycles. The van der Waals surface area contributed by atoms with Crippen molar-refractivity contribution in [3.8, 4) is 0 Å². The van der Waals surface area contributed by atoms with Gasteiger partial charge in [0, 0.05) is 30.6 Å². The number of H-pyrrole nitrogens is 1. The lowest BCUT2D eigenvalue weighted by Crippen LogP contribution is -2.23. The van der Waals surface area contributed by atoms with Crippen LogP contribution in [0.4, 0.5) is 13.2 Å². The summed E-state index contributed by atoms with van der Waals surface area (Å²) in [5.41, 5.74) is -1.18. The van der Waals surface area contributed by atoms with Gasteiger partial charge in [-0.25, -0.2) is 17.5 Å². The predicted molar refractivity (Wildman–Crippen MR) is 92.6 cm³/mol. The number of aromatic nitrogens is 2. The van der Waals surface area contributed by atoms with Crippen LogP contribution in [0, 0.1) is 0 Å². The SMILES string of the molecule is CN(C)S(=O)(=O)c1cc(C(=O)OCCc2cn[nH]c2C(F)(F)F)ccc1Br. The molecule has 0 spiro atoms. The lowest BCUT2D eigenvalue weighted by atomic mass is 10.2. The molecule has 0 aliphatic heterocycles. The molecule has 2 aromatic rings. The second kappa shape index (κ2) is 7.98. The second-order valence-corrected chi connectivity index (χ2v) is 8.56. The molecular weight excluding hydrogens is 455 g/mol. The first-order valence-corrected chi connectivity index (χ1v) is 9.66. The minimum atomic E-state index is -4.59. The number of aromatic amines is 1. The summed E-state index contributed by atoms with van der Waals surface area (Å²) in [6, 6.07) is 3.87. The smallest absolute Gasteiger partial charge is 0.433 e. The molecule has 0 bridgehead atoms. The van der Waals surface area contributed by atoms with Crippen molar-refractivity contribution in [2.45, 2.75) is 17.5 Å². The largest absolute Gasteiger partial charge is 0.462 e. The third-order valence-electron chi connectivity index (χ3n) is 3.53. The molecule has 0 saturated carbocycles. The highest BCUT2D eigenvalue weighted by Gasteiger charge is 2.35. The number of sulfonamides is 1. The molecular formula is C15H15BrF3N3O4S. The Balaban J connectivity index is 2.11.